The van der Waals surface area contributed by atoms with Gasteiger partial charge in [0.1, 0.15) is 0 Å². The third kappa shape index (κ3) is 3.79. The molecule has 27 heavy (non-hydrogen) atoms. The molecule has 8 heteroatoms. The summed E-state index contributed by atoms with van der Waals surface area (Å²) < 4.78 is 0. The third-order valence-electron chi connectivity index (χ3n) is 5.15. The molecular weight excluding hydrogens is 366 g/mol. The van der Waals surface area contributed by atoms with Crippen LogP contribution in [0.25, 0.3) is 0 Å². The summed E-state index contributed by atoms with van der Waals surface area (Å²) in [6.07, 6.45) is 5.58. The van der Waals surface area contributed by atoms with Crippen molar-refractivity contribution in [3.8, 4) is 0 Å². The summed E-state index contributed by atoms with van der Waals surface area (Å²) in [5.74, 6) is 0.451. The first-order chi connectivity index (χ1) is 13.1. The zero-order valence-electron chi connectivity index (χ0n) is 14.8. The molecule has 2 saturated heterocycles. The molecule has 1 atom stereocenters. The van der Waals surface area contributed by atoms with Crippen molar-refractivity contribution in [2.24, 2.45) is 0 Å². The molecule has 0 spiro atoms. The Morgan fingerprint density at radius 3 is 2.37 bits per heavy atom. The molecule has 3 heterocycles. The van der Waals surface area contributed by atoms with Gasteiger partial charge in [-0.25, -0.2) is 14.9 Å². The van der Waals surface area contributed by atoms with Crippen LogP contribution in [0.1, 0.15) is 19.3 Å². The van der Waals surface area contributed by atoms with Gasteiger partial charge in [0.15, 0.2) is 6.04 Å². The SMILES string of the molecule is O=C1C[C@@H]([NH2+]C2CCN(c3ncccn3)CC2)C(=O)N1c1ccc(Cl)cc1. The van der Waals surface area contributed by atoms with Crippen LogP contribution < -0.4 is 15.1 Å². The first kappa shape index (κ1) is 17.9. The molecule has 0 unspecified atom stereocenters. The van der Waals surface area contributed by atoms with E-state index in [4.69, 9.17) is 11.6 Å². The van der Waals surface area contributed by atoms with Gasteiger partial charge in [-0.15, -0.1) is 0 Å². The van der Waals surface area contributed by atoms with Crippen LogP contribution in [0.5, 0.6) is 0 Å². The van der Waals surface area contributed by atoms with Crippen molar-refractivity contribution in [2.75, 3.05) is 22.9 Å². The standard InChI is InChI=1S/C19H20ClN5O2/c20-13-2-4-15(5-3-13)25-17(26)12-16(18(25)27)23-14-6-10-24(11-7-14)19-21-8-1-9-22-19/h1-5,8-9,14,16,23H,6-7,10-12H2/p+1/t16-/m1/s1. The first-order valence-electron chi connectivity index (χ1n) is 9.11. The predicted molar refractivity (Wildman–Crippen MR) is 102 cm³/mol. The molecule has 0 bridgehead atoms. The number of imide groups is 1. The van der Waals surface area contributed by atoms with Crippen LogP contribution in [0.4, 0.5) is 11.6 Å². The number of carbonyl (C=O) groups excluding carboxylic acids is 2. The van der Waals surface area contributed by atoms with E-state index in [0.29, 0.717) is 16.8 Å². The van der Waals surface area contributed by atoms with Crippen molar-refractivity contribution in [3.05, 3.63) is 47.7 Å². The highest BCUT2D eigenvalue weighted by Crippen LogP contribution is 2.24. The lowest BCUT2D eigenvalue weighted by atomic mass is 10.0. The zero-order chi connectivity index (χ0) is 18.8. The third-order valence-corrected chi connectivity index (χ3v) is 5.40. The van der Waals surface area contributed by atoms with Gasteiger partial charge in [-0.1, -0.05) is 11.6 Å². The predicted octanol–water partition coefficient (Wildman–Crippen LogP) is 0.994. The first-order valence-corrected chi connectivity index (χ1v) is 9.49. The largest absolute Gasteiger partial charge is 0.340 e. The van der Waals surface area contributed by atoms with E-state index in [0.717, 1.165) is 31.9 Å². The Bertz CT molecular complexity index is 822. The number of hydrogen-bond donors (Lipinski definition) is 1. The van der Waals surface area contributed by atoms with E-state index in [2.05, 4.69) is 20.2 Å². The van der Waals surface area contributed by atoms with Crippen LogP contribution >= 0.6 is 11.6 Å². The van der Waals surface area contributed by atoms with Gasteiger partial charge in [0.05, 0.1) is 18.2 Å². The van der Waals surface area contributed by atoms with E-state index in [-0.39, 0.29) is 24.3 Å². The van der Waals surface area contributed by atoms with Gasteiger partial charge in [-0.3, -0.25) is 9.59 Å². The fourth-order valence-electron chi connectivity index (χ4n) is 3.74. The van der Waals surface area contributed by atoms with Gasteiger partial charge in [-0.05, 0) is 30.3 Å². The molecule has 2 aliphatic rings. The Morgan fingerprint density at radius 2 is 1.70 bits per heavy atom. The molecule has 0 saturated carbocycles. The maximum Gasteiger partial charge on any atom is 0.292 e. The summed E-state index contributed by atoms with van der Waals surface area (Å²) in [7, 11) is 0. The number of rotatable bonds is 4. The lowest BCUT2D eigenvalue weighted by molar-refractivity contribution is -0.709. The second-order valence-corrected chi connectivity index (χ2v) is 7.36. The average molecular weight is 387 g/mol. The highest BCUT2D eigenvalue weighted by atomic mass is 35.5. The summed E-state index contributed by atoms with van der Waals surface area (Å²) in [6, 6.07) is 8.57. The number of piperidine rings is 1. The Hall–Kier alpha value is -2.51. The second kappa shape index (κ2) is 7.62. The van der Waals surface area contributed by atoms with Gasteiger partial charge in [0.25, 0.3) is 5.91 Å². The number of aromatic nitrogens is 2. The van der Waals surface area contributed by atoms with Crippen LogP contribution in [0.15, 0.2) is 42.7 Å². The van der Waals surface area contributed by atoms with Crippen LogP contribution in [-0.4, -0.2) is 47.0 Å². The minimum atomic E-state index is -0.349. The van der Waals surface area contributed by atoms with Crippen molar-refractivity contribution >= 4 is 35.1 Å². The number of nitrogens with zero attached hydrogens (tertiary/aromatic N) is 4. The molecule has 2 amide bonds. The average Bonchev–Trinajstić information content (AvgIpc) is 2.97. The minimum absolute atomic E-state index is 0.142. The van der Waals surface area contributed by atoms with Crippen molar-refractivity contribution in [1.82, 2.24) is 9.97 Å². The Balaban J connectivity index is 1.36. The molecule has 2 aromatic rings. The number of benzene rings is 1. The van der Waals surface area contributed by atoms with Gasteiger partial charge < -0.3 is 10.2 Å². The fourth-order valence-corrected chi connectivity index (χ4v) is 3.87. The van der Waals surface area contributed by atoms with Crippen LogP contribution in [0.3, 0.4) is 0 Å². The van der Waals surface area contributed by atoms with E-state index in [1.54, 1.807) is 42.7 Å². The minimum Gasteiger partial charge on any atom is -0.340 e. The van der Waals surface area contributed by atoms with Crippen LogP contribution in [0.2, 0.25) is 5.02 Å². The van der Waals surface area contributed by atoms with E-state index in [9.17, 15) is 9.59 Å². The molecule has 0 radical (unpaired) electrons. The van der Waals surface area contributed by atoms with Crippen molar-refractivity contribution in [2.45, 2.75) is 31.3 Å². The lowest BCUT2D eigenvalue weighted by Gasteiger charge is -2.31. The van der Waals surface area contributed by atoms with E-state index in [1.807, 2.05) is 0 Å². The topological polar surface area (TPSA) is 83.0 Å². The summed E-state index contributed by atoms with van der Waals surface area (Å²) in [5.41, 5.74) is 0.585. The van der Waals surface area contributed by atoms with Crippen LogP contribution in [-0.2, 0) is 9.59 Å². The number of amides is 2. The number of nitrogens with two attached hydrogens (primary N) is 1. The molecule has 1 aromatic heterocycles. The highest BCUT2D eigenvalue weighted by Gasteiger charge is 2.43. The lowest BCUT2D eigenvalue weighted by Crippen LogP contribution is -2.97. The molecule has 2 aliphatic heterocycles. The molecule has 7 nitrogen and oxygen atoms in total. The highest BCUT2D eigenvalue weighted by molar-refractivity contribution is 6.30. The van der Waals surface area contributed by atoms with E-state index >= 15 is 0 Å². The smallest absolute Gasteiger partial charge is 0.292 e. The van der Waals surface area contributed by atoms with E-state index in [1.165, 1.54) is 4.90 Å². The Labute approximate surface area is 162 Å². The number of anilines is 2. The Kier molecular flexibility index (Phi) is 5.05. The maximum atomic E-state index is 12.8. The molecule has 2 fully saturated rings. The van der Waals surface area contributed by atoms with Crippen molar-refractivity contribution < 1.29 is 14.9 Å². The van der Waals surface area contributed by atoms with Gasteiger partial charge in [-0.2, -0.15) is 0 Å². The summed E-state index contributed by atoms with van der Waals surface area (Å²) >= 11 is 5.90. The zero-order valence-corrected chi connectivity index (χ0v) is 15.5. The summed E-state index contributed by atoms with van der Waals surface area (Å²) in [6.45, 7) is 1.70. The number of halogens is 1. The second-order valence-electron chi connectivity index (χ2n) is 6.92. The monoisotopic (exact) mass is 386 g/mol. The summed E-state index contributed by atoms with van der Waals surface area (Å²) in [5, 5.41) is 2.65. The Morgan fingerprint density at radius 1 is 1.04 bits per heavy atom. The van der Waals surface area contributed by atoms with E-state index < -0.39 is 0 Å². The maximum absolute atomic E-state index is 12.8. The van der Waals surface area contributed by atoms with Crippen molar-refractivity contribution in [1.29, 1.82) is 0 Å². The number of hydrogen-bond acceptors (Lipinski definition) is 5. The van der Waals surface area contributed by atoms with Gasteiger partial charge in [0.2, 0.25) is 11.9 Å². The quantitative estimate of drug-likeness (QED) is 0.792. The molecule has 0 aliphatic carbocycles. The normalized spacial score (nSPS) is 21.1. The molecule has 140 valence electrons. The molecular formula is C19H21ClN5O2+. The van der Waals surface area contributed by atoms with Crippen LogP contribution in [0, 0.1) is 0 Å². The molecule has 4 rings (SSSR count). The molecule has 2 N–H and O–H groups in total. The summed E-state index contributed by atoms with van der Waals surface area (Å²) in [4.78, 5) is 37.2. The number of quaternary nitrogens is 1. The van der Waals surface area contributed by atoms with Gasteiger partial charge in [0, 0.05) is 43.3 Å². The van der Waals surface area contributed by atoms with Gasteiger partial charge >= 0.3 is 0 Å². The fraction of sp³-hybridized carbons (Fsp3) is 0.368. The number of carbonyl (C=O) groups is 2. The molecule has 1 aromatic carbocycles. The van der Waals surface area contributed by atoms with Crippen molar-refractivity contribution in [3.63, 3.8) is 0 Å².